The molecule has 1 amide bonds. The molecule has 0 saturated carbocycles. The number of nitrogens with one attached hydrogen (secondary N) is 1. The van der Waals surface area contributed by atoms with E-state index in [4.69, 9.17) is 4.74 Å². The summed E-state index contributed by atoms with van der Waals surface area (Å²) < 4.78 is 5.08. The van der Waals surface area contributed by atoms with Crippen molar-refractivity contribution in [2.75, 3.05) is 12.4 Å². The number of thiazole rings is 1. The number of amides is 1. The molecular weight excluding hydrogens is 272 g/mol. The number of benzene rings is 1. The van der Waals surface area contributed by atoms with Gasteiger partial charge in [0.05, 0.1) is 12.8 Å². The molecule has 0 atom stereocenters. The normalized spacial score (nSPS) is 10.8. The van der Waals surface area contributed by atoms with Gasteiger partial charge >= 0.3 is 0 Å². The smallest absolute Gasteiger partial charge is 0.250 e. The van der Waals surface area contributed by atoms with Crippen LogP contribution in [0.4, 0.5) is 5.13 Å². The first-order chi connectivity index (χ1) is 9.58. The molecule has 0 bridgehead atoms. The maximum atomic E-state index is 11.8. The van der Waals surface area contributed by atoms with Crippen molar-refractivity contribution in [2.24, 2.45) is 0 Å². The van der Waals surface area contributed by atoms with Crippen LogP contribution in [0.3, 0.4) is 0 Å². The highest BCUT2D eigenvalue weighted by Crippen LogP contribution is 2.21. The SMILES string of the molecule is COc1ccc(/C=C\C(=O)Nc2nc(C)c(C)s2)cc1. The van der Waals surface area contributed by atoms with Crippen LogP contribution in [0.25, 0.3) is 6.08 Å². The van der Waals surface area contributed by atoms with Crippen molar-refractivity contribution < 1.29 is 9.53 Å². The lowest BCUT2D eigenvalue weighted by molar-refractivity contribution is -0.111. The molecule has 0 radical (unpaired) electrons. The monoisotopic (exact) mass is 288 g/mol. The van der Waals surface area contributed by atoms with Crippen LogP contribution in [-0.4, -0.2) is 18.0 Å². The lowest BCUT2D eigenvalue weighted by Gasteiger charge is -1.99. The van der Waals surface area contributed by atoms with Gasteiger partial charge in [0, 0.05) is 11.0 Å². The average Bonchev–Trinajstić information content (AvgIpc) is 2.75. The van der Waals surface area contributed by atoms with E-state index < -0.39 is 0 Å². The van der Waals surface area contributed by atoms with Gasteiger partial charge < -0.3 is 4.74 Å². The fourth-order valence-corrected chi connectivity index (χ4v) is 2.38. The van der Waals surface area contributed by atoms with Crippen LogP contribution in [0, 0.1) is 13.8 Å². The first-order valence-corrected chi connectivity index (χ1v) is 6.97. The van der Waals surface area contributed by atoms with Gasteiger partial charge in [-0.15, -0.1) is 11.3 Å². The highest BCUT2D eigenvalue weighted by atomic mass is 32.1. The topological polar surface area (TPSA) is 51.2 Å². The summed E-state index contributed by atoms with van der Waals surface area (Å²) in [5.74, 6) is 0.606. The molecule has 0 aliphatic rings. The van der Waals surface area contributed by atoms with Gasteiger partial charge in [0.2, 0.25) is 5.91 Å². The molecule has 1 heterocycles. The zero-order valence-electron chi connectivity index (χ0n) is 11.6. The molecule has 0 spiro atoms. The molecule has 2 aromatic rings. The van der Waals surface area contributed by atoms with Crippen molar-refractivity contribution in [3.8, 4) is 5.75 Å². The highest BCUT2D eigenvalue weighted by molar-refractivity contribution is 7.15. The largest absolute Gasteiger partial charge is 0.497 e. The third-order valence-corrected chi connectivity index (χ3v) is 3.79. The lowest BCUT2D eigenvalue weighted by Crippen LogP contribution is -2.07. The maximum absolute atomic E-state index is 11.8. The molecule has 0 fully saturated rings. The Morgan fingerprint density at radius 2 is 2.00 bits per heavy atom. The molecular formula is C15H16N2O2S. The molecule has 1 N–H and O–H groups in total. The van der Waals surface area contributed by atoms with Crippen molar-refractivity contribution in [1.29, 1.82) is 0 Å². The fraction of sp³-hybridized carbons (Fsp3) is 0.200. The van der Waals surface area contributed by atoms with Gasteiger partial charge in [-0.1, -0.05) is 12.1 Å². The van der Waals surface area contributed by atoms with Crippen LogP contribution >= 0.6 is 11.3 Å². The summed E-state index contributed by atoms with van der Waals surface area (Å²) in [7, 11) is 1.62. The number of aromatic nitrogens is 1. The molecule has 5 heteroatoms. The molecule has 1 aromatic heterocycles. The van der Waals surface area contributed by atoms with Crippen molar-refractivity contribution in [3.05, 3.63) is 46.5 Å². The minimum absolute atomic E-state index is 0.186. The number of ether oxygens (including phenoxy) is 1. The minimum atomic E-state index is -0.186. The summed E-state index contributed by atoms with van der Waals surface area (Å²) in [4.78, 5) is 17.1. The Balaban J connectivity index is 1.97. The molecule has 0 saturated heterocycles. The summed E-state index contributed by atoms with van der Waals surface area (Å²) in [5.41, 5.74) is 1.89. The standard InChI is InChI=1S/C15H16N2O2S/c1-10-11(2)20-15(16-10)17-14(18)9-6-12-4-7-13(19-3)8-5-12/h4-9H,1-3H3,(H,16,17,18)/b9-6-. The van der Waals surface area contributed by atoms with Crippen molar-refractivity contribution >= 4 is 28.5 Å². The highest BCUT2D eigenvalue weighted by Gasteiger charge is 2.05. The van der Waals surface area contributed by atoms with Crippen LogP contribution in [0.15, 0.2) is 30.3 Å². The second kappa shape index (κ2) is 6.34. The second-order valence-corrected chi connectivity index (χ2v) is 5.46. The second-order valence-electron chi connectivity index (χ2n) is 4.26. The summed E-state index contributed by atoms with van der Waals surface area (Å²) in [6, 6.07) is 7.48. The van der Waals surface area contributed by atoms with E-state index in [9.17, 15) is 4.79 Å². The zero-order chi connectivity index (χ0) is 14.5. The number of anilines is 1. The van der Waals surface area contributed by atoms with Gasteiger partial charge in [-0.25, -0.2) is 4.98 Å². The van der Waals surface area contributed by atoms with E-state index in [2.05, 4.69) is 10.3 Å². The zero-order valence-corrected chi connectivity index (χ0v) is 12.5. The van der Waals surface area contributed by atoms with E-state index in [1.165, 1.54) is 17.4 Å². The molecule has 0 aliphatic heterocycles. The van der Waals surface area contributed by atoms with Crippen LogP contribution in [0.2, 0.25) is 0 Å². The average molecular weight is 288 g/mol. The van der Waals surface area contributed by atoms with E-state index in [-0.39, 0.29) is 5.91 Å². The van der Waals surface area contributed by atoms with Crippen LogP contribution < -0.4 is 10.1 Å². The molecule has 4 nitrogen and oxygen atoms in total. The maximum Gasteiger partial charge on any atom is 0.250 e. The predicted molar refractivity (Wildman–Crippen MR) is 82.2 cm³/mol. The quantitative estimate of drug-likeness (QED) is 0.877. The lowest BCUT2D eigenvalue weighted by atomic mass is 10.2. The summed E-state index contributed by atoms with van der Waals surface area (Å²) in [5, 5.41) is 3.38. The number of methoxy groups -OCH3 is 1. The number of carbonyl (C=O) groups is 1. The van der Waals surface area contributed by atoms with Gasteiger partial charge in [0.15, 0.2) is 5.13 Å². The number of carbonyl (C=O) groups excluding carboxylic acids is 1. The summed E-state index contributed by atoms with van der Waals surface area (Å²) in [6.07, 6.45) is 3.25. The molecule has 20 heavy (non-hydrogen) atoms. The van der Waals surface area contributed by atoms with E-state index in [0.717, 1.165) is 21.9 Å². The summed E-state index contributed by atoms with van der Waals surface area (Å²) >= 11 is 1.48. The Morgan fingerprint density at radius 3 is 2.55 bits per heavy atom. The number of hydrogen-bond acceptors (Lipinski definition) is 4. The van der Waals surface area contributed by atoms with E-state index in [1.807, 2.05) is 38.1 Å². The number of aryl methyl sites for hydroxylation is 2. The van der Waals surface area contributed by atoms with Crippen molar-refractivity contribution in [3.63, 3.8) is 0 Å². The van der Waals surface area contributed by atoms with E-state index in [0.29, 0.717) is 5.13 Å². The fourth-order valence-electron chi connectivity index (χ4n) is 1.56. The van der Waals surface area contributed by atoms with E-state index >= 15 is 0 Å². The van der Waals surface area contributed by atoms with Crippen LogP contribution in [0.5, 0.6) is 5.75 Å². The Bertz CT molecular complexity index is 610. The molecule has 1 aromatic carbocycles. The van der Waals surface area contributed by atoms with Gasteiger partial charge in [0.1, 0.15) is 5.75 Å². The van der Waals surface area contributed by atoms with Gasteiger partial charge in [-0.3, -0.25) is 10.1 Å². The molecule has 0 unspecified atom stereocenters. The first kappa shape index (κ1) is 14.3. The first-order valence-electron chi connectivity index (χ1n) is 6.15. The Morgan fingerprint density at radius 1 is 1.30 bits per heavy atom. The predicted octanol–water partition coefficient (Wildman–Crippen LogP) is 3.42. The van der Waals surface area contributed by atoms with Crippen molar-refractivity contribution in [1.82, 2.24) is 4.98 Å². The number of hydrogen-bond donors (Lipinski definition) is 1. The third kappa shape index (κ3) is 3.68. The van der Waals surface area contributed by atoms with Gasteiger partial charge in [-0.2, -0.15) is 0 Å². The van der Waals surface area contributed by atoms with Crippen LogP contribution in [0.1, 0.15) is 16.1 Å². The number of nitrogens with zero attached hydrogens (tertiary/aromatic N) is 1. The summed E-state index contributed by atoms with van der Waals surface area (Å²) in [6.45, 7) is 3.91. The van der Waals surface area contributed by atoms with E-state index in [1.54, 1.807) is 13.2 Å². The molecule has 2 rings (SSSR count). The molecule has 0 aliphatic carbocycles. The van der Waals surface area contributed by atoms with Crippen LogP contribution in [-0.2, 0) is 4.79 Å². The Hall–Kier alpha value is -2.14. The Labute approximate surface area is 122 Å². The van der Waals surface area contributed by atoms with Gasteiger partial charge in [0.25, 0.3) is 0 Å². The Kier molecular flexibility index (Phi) is 4.53. The van der Waals surface area contributed by atoms with Gasteiger partial charge in [-0.05, 0) is 37.6 Å². The minimum Gasteiger partial charge on any atom is -0.497 e. The number of rotatable bonds is 4. The molecule has 104 valence electrons. The van der Waals surface area contributed by atoms with Crippen molar-refractivity contribution in [2.45, 2.75) is 13.8 Å². The third-order valence-electron chi connectivity index (χ3n) is 2.80.